The van der Waals surface area contributed by atoms with Crippen molar-refractivity contribution in [2.75, 3.05) is 0 Å². The lowest BCUT2D eigenvalue weighted by Gasteiger charge is -1.94. The second-order valence-electron chi connectivity index (χ2n) is 2.11. The topological polar surface area (TPSA) is 0 Å². The van der Waals surface area contributed by atoms with E-state index in [0.29, 0.717) is 5.56 Å². The average molecular weight is 231 g/mol. The second-order valence-corrected chi connectivity index (χ2v) is 3.11. The minimum absolute atomic E-state index is 0.580. The van der Waals surface area contributed by atoms with Crippen LogP contribution in [0.1, 0.15) is 5.56 Å². The second kappa shape index (κ2) is 3.68. The first kappa shape index (κ1) is 9.21. The van der Waals surface area contributed by atoms with Gasteiger partial charge in [-0.15, -0.1) is 0 Å². The van der Waals surface area contributed by atoms with Crippen LogP contribution in [0.25, 0.3) is 0 Å². The molecule has 0 bridgehead atoms. The van der Waals surface area contributed by atoms with Crippen LogP contribution < -0.4 is 0 Å². The van der Waals surface area contributed by atoms with Crippen molar-refractivity contribution in [3.8, 4) is 11.8 Å². The number of benzene rings is 1. The van der Waals surface area contributed by atoms with Gasteiger partial charge in [-0.05, 0) is 18.1 Å². The molecule has 0 radical (unpaired) electrons. The molecule has 0 unspecified atom stereocenters. The van der Waals surface area contributed by atoms with Crippen molar-refractivity contribution >= 4 is 15.9 Å². The number of halogens is 3. The van der Waals surface area contributed by atoms with Crippen molar-refractivity contribution in [2.45, 2.75) is 4.83 Å². The van der Waals surface area contributed by atoms with E-state index < -0.39 is 4.83 Å². The molecule has 0 heterocycles. The molecule has 1 aromatic rings. The molecule has 0 saturated heterocycles. The van der Waals surface area contributed by atoms with E-state index in [0.717, 1.165) is 0 Å². The van der Waals surface area contributed by atoms with Gasteiger partial charge in [0.25, 0.3) is 0 Å². The maximum Gasteiger partial charge on any atom is 0.363 e. The summed E-state index contributed by atoms with van der Waals surface area (Å²) < 4.78 is 24.3. The summed E-state index contributed by atoms with van der Waals surface area (Å²) in [5, 5.41) is 0. The molecular formula is C9H5BrF2. The monoisotopic (exact) mass is 230 g/mol. The molecule has 0 fully saturated rings. The fraction of sp³-hybridized carbons (Fsp3) is 0.111. The summed E-state index contributed by atoms with van der Waals surface area (Å²) >= 11 is 2.13. The molecule has 0 aliphatic carbocycles. The maximum atomic E-state index is 12.2. The van der Waals surface area contributed by atoms with E-state index in [4.69, 9.17) is 0 Å². The van der Waals surface area contributed by atoms with Crippen LogP contribution >= 0.6 is 15.9 Å². The van der Waals surface area contributed by atoms with Crippen molar-refractivity contribution in [1.82, 2.24) is 0 Å². The van der Waals surface area contributed by atoms with Gasteiger partial charge < -0.3 is 0 Å². The molecule has 0 amide bonds. The van der Waals surface area contributed by atoms with Crippen LogP contribution in [0.4, 0.5) is 8.78 Å². The van der Waals surface area contributed by atoms with Crippen LogP contribution in [-0.2, 0) is 0 Å². The summed E-state index contributed by atoms with van der Waals surface area (Å²) in [7, 11) is 0. The van der Waals surface area contributed by atoms with E-state index in [9.17, 15) is 8.78 Å². The summed E-state index contributed by atoms with van der Waals surface area (Å²) in [6, 6.07) is 8.64. The molecule has 1 aromatic carbocycles. The predicted molar refractivity (Wildman–Crippen MR) is 47.2 cm³/mol. The molecule has 1 rings (SSSR count). The Balaban J connectivity index is 2.81. The number of alkyl halides is 3. The Morgan fingerprint density at radius 3 is 2.25 bits per heavy atom. The van der Waals surface area contributed by atoms with Crippen molar-refractivity contribution in [1.29, 1.82) is 0 Å². The molecule has 12 heavy (non-hydrogen) atoms. The Morgan fingerprint density at radius 2 is 1.75 bits per heavy atom. The largest absolute Gasteiger partial charge is 0.363 e. The molecule has 0 saturated carbocycles. The van der Waals surface area contributed by atoms with E-state index >= 15 is 0 Å². The summed E-state index contributed by atoms with van der Waals surface area (Å²) in [4.78, 5) is -3.09. The van der Waals surface area contributed by atoms with Crippen LogP contribution in [-0.4, -0.2) is 4.83 Å². The van der Waals surface area contributed by atoms with Crippen LogP contribution in [0.15, 0.2) is 30.3 Å². The Kier molecular flexibility index (Phi) is 2.83. The standard InChI is InChI=1S/C9H5BrF2/c10-9(11,12)7-6-8-4-2-1-3-5-8/h1-5H. The molecule has 62 valence electrons. The van der Waals surface area contributed by atoms with Gasteiger partial charge in [0.05, 0.1) is 0 Å². The zero-order valence-electron chi connectivity index (χ0n) is 6.02. The average Bonchev–Trinajstić information content (AvgIpc) is 2.02. The first-order valence-electron chi connectivity index (χ1n) is 3.23. The zero-order chi connectivity index (χ0) is 9.03. The fourth-order valence-electron chi connectivity index (χ4n) is 0.665. The van der Waals surface area contributed by atoms with Gasteiger partial charge in [-0.3, -0.25) is 0 Å². The molecule has 0 aliphatic rings. The maximum absolute atomic E-state index is 12.2. The van der Waals surface area contributed by atoms with Crippen LogP contribution in [0.5, 0.6) is 0 Å². The Labute approximate surface area is 77.7 Å². The van der Waals surface area contributed by atoms with E-state index in [1.165, 1.54) is 0 Å². The van der Waals surface area contributed by atoms with Gasteiger partial charge >= 0.3 is 4.83 Å². The Bertz CT molecular complexity index is 303. The van der Waals surface area contributed by atoms with Gasteiger partial charge in [0.15, 0.2) is 0 Å². The molecule has 0 spiro atoms. The predicted octanol–water partition coefficient (Wildman–Crippen LogP) is 3.03. The number of rotatable bonds is 0. The Morgan fingerprint density at radius 1 is 1.17 bits per heavy atom. The molecule has 0 nitrogen and oxygen atoms in total. The molecular weight excluding hydrogens is 226 g/mol. The van der Waals surface area contributed by atoms with Crippen molar-refractivity contribution in [3.05, 3.63) is 35.9 Å². The van der Waals surface area contributed by atoms with Crippen molar-refractivity contribution in [2.24, 2.45) is 0 Å². The van der Waals surface area contributed by atoms with Crippen LogP contribution in [0.2, 0.25) is 0 Å². The van der Waals surface area contributed by atoms with E-state index in [-0.39, 0.29) is 0 Å². The van der Waals surface area contributed by atoms with Crippen LogP contribution in [0, 0.1) is 11.8 Å². The third kappa shape index (κ3) is 3.49. The lowest BCUT2D eigenvalue weighted by Crippen LogP contribution is -1.98. The molecule has 0 aromatic heterocycles. The minimum Gasteiger partial charge on any atom is -0.180 e. The third-order valence-electron chi connectivity index (χ3n) is 1.12. The molecule has 3 heteroatoms. The SMILES string of the molecule is FC(F)(Br)C#Cc1ccccc1. The third-order valence-corrected chi connectivity index (χ3v) is 1.32. The summed E-state index contributed by atoms with van der Waals surface area (Å²) in [5.74, 6) is 4.11. The quantitative estimate of drug-likeness (QED) is 0.475. The first-order chi connectivity index (χ1) is 5.58. The molecule has 0 atom stereocenters. The van der Waals surface area contributed by atoms with E-state index in [1.807, 2.05) is 0 Å². The van der Waals surface area contributed by atoms with Gasteiger partial charge in [-0.25, -0.2) is 0 Å². The summed E-state index contributed by atoms with van der Waals surface area (Å²) in [6.45, 7) is 0. The highest BCUT2D eigenvalue weighted by molar-refractivity contribution is 9.10. The first-order valence-corrected chi connectivity index (χ1v) is 4.02. The van der Waals surface area contributed by atoms with Gasteiger partial charge in [0.1, 0.15) is 0 Å². The normalized spacial score (nSPS) is 10.2. The highest BCUT2D eigenvalue weighted by Gasteiger charge is 2.18. The van der Waals surface area contributed by atoms with E-state index in [1.54, 1.807) is 36.3 Å². The highest BCUT2D eigenvalue weighted by Crippen LogP contribution is 2.19. The number of hydrogen-bond donors (Lipinski definition) is 0. The van der Waals surface area contributed by atoms with Gasteiger partial charge in [0, 0.05) is 21.5 Å². The smallest absolute Gasteiger partial charge is 0.180 e. The summed E-state index contributed by atoms with van der Waals surface area (Å²) in [6.07, 6.45) is 0. The fourth-order valence-corrected chi connectivity index (χ4v) is 0.764. The Hall–Kier alpha value is -0.880. The van der Waals surface area contributed by atoms with Gasteiger partial charge in [-0.1, -0.05) is 24.1 Å². The van der Waals surface area contributed by atoms with Gasteiger partial charge in [0.2, 0.25) is 0 Å². The highest BCUT2D eigenvalue weighted by atomic mass is 79.9. The van der Waals surface area contributed by atoms with Gasteiger partial charge in [-0.2, -0.15) is 8.78 Å². The van der Waals surface area contributed by atoms with Crippen molar-refractivity contribution < 1.29 is 8.78 Å². The lowest BCUT2D eigenvalue weighted by atomic mass is 10.2. The molecule has 0 N–H and O–H groups in total. The molecule has 0 aliphatic heterocycles. The van der Waals surface area contributed by atoms with E-state index in [2.05, 4.69) is 21.9 Å². The van der Waals surface area contributed by atoms with Crippen molar-refractivity contribution in [3.63, 3.8) is 0 Å². The van der Waals surface area contributed by atoms with Crippen LogP contribution in [0.3, 0.4) is 0 Å². The summed E-state index contributed by atoms with van der Waals surface area (Å²) in [5.41, 5.74) is 0.580. The lowest BCUT2D eigenvalue weighted by molar-refractivity contribution is 0.182. The zero-order valence-corrected chi connectivity index (χ0v) is 7.61. The minimum atomic E-state index is -3.09. The number of hydrogen-bond acceptors (Lipinski definition) is 0.